The fourth-order valence-corrected chi connectivity index (χ4v) is 4.00. The van der Waals surface area contributed by atoms with Crippen molar-refractivity contribution in [2.24, 2.45) is 5.92 Å². The summed E-state index contributed by atoms with van der Waals surface area (Å²) in [5.41, 5.74) is 1.66. The summed E-state index contributed by atoms with van der Waals surface area (Å²) in [6.45, 7) is 1.09. The van der Waals surface area contributed by atoms with Gasteiger partial charge in [0.1, 0.15) is 34.9 Å². The van der Waals surface area contributed by atoms with Gasteiger partial charge in [-0.1, -0.05) is 17.3 Å². The molecule has 0 spiro atoms. The number of aromatic nitrogens is 3. The smallest absolute Gasteiger partial charge is 0.263 e. The Bertz CT molecular complexity index is 1280. The zero-order valence-corrected chi connectivity index (χ0v) is 17.0. The van der Waals surface area contributed by atoms with E-state index in [0.717, 1.165) is 6.42 Å². The van der Waals surface area contributed by atoms with Gasteiger partial charge < -0.3 is 14.7 Å². The standard InChI is InChI=1S/C23H19F2N5O2/c24-16-9-7-14(8-10-16)20-19-21(26-13-27-23(19)32-29-20)30-11-3-4-15(12-30)22(31)28-18-6-2-1-5-17(18)25/h1-2,5-10,13,15H,3-4,11-12H2,(H,28,31). The summed E-state index contributed by atoms with van der Waals surface area (Å²) in [6, 6.07) is 12.0. The number of anilines is 2. The van der Waals surface area contributed by atoms with Crippen LogP contribution in [0.15, 0.2) is 59.4 Å². The lowest BCUT2D eigenvalue weighted by Gasteiger charge is -2.33. The second kappa shape index (κ2) is 8.33. The molecule has 9 heteroatoms. The summed E-state index contributed by atoms with van der Waals surface area (Å²) in [5, 5.41) is 7.42. The summed E-state index contributed by atoms with van der Waals surface area (Å²) in [6.07, 6.45) is 2.83. The molecular formula is C23H19F2N5O2. The second-order valence-corrected chi connectivity index (χ2v) is 7.67. The fourth-order valence-electron chi connectivity index (χ4n) is 4.00. The van der Waals surface area contributed by atoms with Crippen LogP contribution in [0.25, 0.3) is 22.4 Å². The van der Waals surface area contributed by atoms with Crippen LogP contribution in [0.2, 0.25) is 0 Å². The quantitative estimate of drug-likeness (QED) is 0.511. The summed E-state index contributed by atoms with van der Waals surface area (Å²) in [5.74, 6) is -0.812. The number of carbonyl (C=O) groups is 1. The molecule has 1 amide bonds. The maximum Gasteiger partial charge on any atom is 0.263 e. The highest BCUT2D eigenvalue weighted by Crippen LogP contribution is 2.35. The topological polar surface area (TPSA) is 84.2 Å². The van der Waals surface area contributed by atoms with E-state index in [1.54, 1.807) is 24.3 Å². The normalized spacial score (nSPS) is 16.3. The average molecular weight is 435 g/mol. The van der Waals surface area contributed by atoms with Crippen LogP contribution in [0, 0.1) is 17.6 Å². The van der Waals surface area contributed by atoms with Crippen molar-refractivity contribution < 1.29 is 18.1 Å². The third-order valence-corrected chi connectivity index (χ3v) is 5.59. The number of para-hydroxylation sites is 1. The number of piperidine rings is 1. The van der Waals surface area contributed by atoms with Gasteiger partial charge in [0.15, 0.2) is 0 Å². The first-order valence-corrected chi connectivity index (χ1v) is 10.3. The summed E-state index contributed by atoms with van der Waals surface area (Å²) >= 11 is 0. The van der Waals surface area contributed by atoms with Crippen molar-refractivity contribution in [3.8, 4) is 11.3 Å². The monoisotopic (exact) mass is 435 g/mol. The van der Waals surface area contributed by atoms with Crippen LogP contribution in [0.1, 0.15) is 12.8 Å². The molecule has 5 rings (SSSR count). The molecule has 162 valence electrons. The van der Waals surface area contributed by atoms with Crippen molar-refractivity contribution in [3.05, 3.63) is 66.5 Å². The number of hydrogen-bond donors (Lipinski definition) is 1. The van der Waals surface area contributed by atoms with Crippen molar-refractivity contribution in [2.45, 2.75) is 12.8 Å². The first-order valence-electron chi connectivity index (χ1n) is 10.3. The Labute approximate surface area is 182 Å². The summed E-state index contributed by atoms with van der Waals surface area (Å²) < 4.78 is 32.7. The minimum absolute atomic E-state index is 0.164. The van der Waals surface area contributed by atoms with Crippen molar-refractivity contribution >= 4 is 28.5 Å². The molecule has 1 saturated heterocycles. The van der Waals surface area contributed by atoms with Crippen LogP contribution < -0.4 is 10.2 Å². The lowest BCUT2D eigenvalue weighted by Crippen LogP contribution is -2.41. The Kier molecular flexibility index (Phi) is 5.22. The number of benzene rings is 2. The lowest BCUT2D eigenvalue weighted by molar-refractivity contribution is -0.120. The molecule has 1 N–H and O–H groups in total. The highest BCUT2D eigenvalue weighted by atomic mass is 19.1. The highest BCUT2D eigenvalue weighted by Gasteiger charge is 2.29. The number of halogens is 2. The Morgan fingerprint density at radius 3 is 2.72 bits per heavy atom. The minimum atomic E-state index is -0.473. The first-order chi connectivity index (χ1) is 15.6. The molecule has 0 aliphatic carbocycles. The van der Waals surface area contributed by atoms with E-state index in [9.17, 15) is 13.6 Å². The largest absolute Gasteiger partial charge is 0.355 e. The van der Waals surface area contributed by atoms with Gasteiger partial charge in [0.05, 0.1) is 11.6 Å². The van der Waals surface area contributed by atoms with Crippen molar-refractivity contribution in [3.63, 3.8) is 0 Å². The van der Waals surface area contributed by atoms with E-state index in [0.29, 0.717) is 47.7 Å². The van der Waals surface area contributed by atoms with Gasteiger partial charge in [-0.3, -0.25) is 4.79 Å². The Morgan fingerprint density at radius 2 is 1.91 bits per heavy atom. The van der Waals surface area contributed by atoms with Crippen LogP contribution in [-0.4, -0.2) is 34.1 Å². The molecule has 4 aromatic rings. The van der Waals surface area contributed by atoms with Gasteiger partial charge in [0, 0.05) is 18.7 Å². The molecule has 0 radical (unpaired) electrons. The molecule has 1 aliphatic rings. The van der Waals surface area contributed by atoms with Crippen molar-refractivity contribution in [1.82, 2.24) is 15.1 Å². The number of rotatable bonds is 4. The molecule has 0 bridgehead atoms. The van der Waals surface area contributed by atoms with Crippen molar-refractivity contribution in [1.29, 1.82) is 0 Å². The molecule has 1 fully saturated rings. The first kappa shape index (κ1) is 20.0. The van der Waals surface area contributed by atoms with Gasteiger partial charge in [-0.25, -0.2) is 13.8 Å². The van der Waals surface area contributed by atoms with E-state index in [1.807, 2.05) is 4.90 Å². The molecule has 2 aromatic carbocycles. The third-order valence-electron chi connectivity index (χ3n) is 5.59. The van der Waals surface area contributed by atoms with Gasteiger partial charge in [-0.15, -0.1) is 0 Å². The molecule has 1 unspecified atom stereocenters. The van der Waals surface area contributed by atoms with Gasteiger partial charge in [-0.05, 0) is 49.2 Å². The minimum Gasteiger partial charge on any atom is -0.355 e. The SMILES string of the molecule is O=C(Nc1ccccc1F)C1CCCN(c2ncnc3onc(-c4ccc(F)cc4)c23)C1. The van der Waals surface area contributed by atoms with Crippen LogP contribution in [0.4, 0.5) is 20.3 Å². The van der Waals surface area contributed by atoms with Gasteiger partial charge in [-0.2, -0.15) is 4.98 Å². The van der Waals surface area contributed by atoms with Gasteiger partial charge >= 0.3 is 0 Å². The van der Waals surface area contributed by atoms with Crippen LogP contribution in [0.5, 0.6) is 0 Å². The van der Waals surface area contributed by atoms with E-state index >= 15 is 0 Å². The lowest BCUT2D eigenvalue weighted by atomic mass is 9.96. The van der Waals surface area contributed by atoms with E-state index in [4.69, 9.17) is 4.52 Å². The summed E-state index contributed by atoms with van der Waals surface area (Å²) in [7, 11) is 0. The number of nitrogens with zero attached hydrogens (tertiary/aromatic N) is 4. The molecular weight excluding hydrogens is 416 g/mol. The van der Waals surface area contributed by atoms with E-state index in [1.165, 1.54) is 30.6 Å². The molecule has 1 atom stereocenters. The molecule has 2 aromatic heterocycles. The highest BCUT2D eigenvalue weighted by molar-refractivity contribution is 5.98. The maximum absolute atomic E-state index is 13.9. The third kappa shape index (κ3) is 3.77. The molecule has 32 heavy (non-hydrogen) atoms. The number of fused-ring (bicyclic) bond motifs is 1. The molecule has 0 saturated carbocycles. The van der Waals surface area contributed by atoms with Crippen LogP contribution >= 0.6 is 0 Å². The fraction of sp³-hybridized carbons (Fsp3) is 0.217. The number of hydrogen-bond acceptors (Lipinski definition) is 6. The van der Waals surface area contributed by atoms with Crippen molar-refractivity contribution in [2.75, 3.05) is 23.3 Å². The number of amides is 1. The second-order valence-electron chi connectivity index (χ2n) is 7.67. The number of carbonyl (C=O) groups excluding carboxylic acids is 1. The zero-order valence-electron chi connectivity index (χ0n) is 17.0. The van der Waals surface area contributed by atoms with Crippen LogP contribution in [0.3, 0.4) is 0 Å². The average Bonchev–Trinajstić information content (AvgIpc) is 3.25. The zero-order chi connectivity index (χ0) is 22.1. The van der Waals surface area contributed by atoms with Gasteiger partial charge in [0.2, 0.25) is 5.91 Å². The summed E-state index contributed by atoms with van der Waals surface area (Å²) in [4.78, 5) is 23.4. The van der Waals surface area contributed by atoms with E-state index in [-0.39, 0.29) is 23.3 Å². The predicted octanol–water partition coefficient (Wildman–Crippen LogP) is 4.42. The molecule has 3 heterocycles. The van der Waals surface area contributed by atoms with Gasteiger partial charge in [0.25, 0.3) is 5.71 Å². The Hall–Kier alpha value is -3.88. The van der Waals surface area contributed by atoms with Crippen LogP contribution in [-0.2, 0) is 4.79 Å². The maximum atomic E-state index is 13.9. The molecule has 1 aliphatic heterocycles. The van der Waals surface area contributed by atoms with E-state index in [2.05, 4.69) is 20.4 Å². The molecule has 7 nitrogen and oxygen atoms in total. The Morgan fingerprint density at radius 1 is 1.09 bits per heavy atom. The number of nitrogens with one attached hydrogen (secondary N) is 1. The predicted molar refractivity (Wildman–Crippen MR) is 115 cm³/mol. The Balaban J connectivity index is 1.44. The van der Waals surface area contributed by atoms with E-state index < -0.39 is 5.82 Å².